The Bertz CT molecular complexity index is 853. The first kappa shape index (κ1) is 21.3. The summed E-state index contributed by atoms with van der Waals surface area (Å²) in [5.41, 5.74) is 1.84. The summed E-state index contributed by atoms with van der Waals surface area (Å²) in [6.45, 7) is -0.0992. The van der Waals surface area contributed by atoms with Crippen LogP contribution in [0.1, 0.15) is 26.3 Å². The maximum atomic E-state index is 12.3. The molecule has 2 aromatic rings. The molecule has 0 aliphatic carbocycles. The maximum Gasteiger partial charge on any atom is 0.446 e. The molecule has 2 rings (SSSR count). The molecule has 0 fully saturated rings. The highest BCUT2D eigenvalue weighted by Crippen LogP contribution is 2.36. The Hall–Kier alpha value is -3.01. The molecule has 3 amide bonds. The van der Waals surface area contributed by atoms with Gasteiger partial charge in [-0.25, -0.2) is 0 Å². The number of thioether (sulfide) groups is 1. The molecule has 2 aromatic carbocycles. The number of amides is 3. The smallest absolute Gasteiger partial charge is 0.368 e. The highest BCUT2D eigenvalue weighted by molar-refractivity contribution is 8.00. The van der Waals surface area contributed by atoms with E-state index in [1.807, 2.05) is 0 Å². The highest BCUT2D eigenvalue weighted by atomic mass is 32.2. The summed E-state index contributed by atoms with van der Waals surface area (Å²) in [4.78, 5) is 34.5. The van der Waals surface area contributed by atoms with Gasteiger partial charge in [0.05, 0.1) is 6.54 Å². The Labute approximate surface area is 162 Å². The van der Waals surface area contributed by atoms with Crippen LogP contribution >= 0.6 is 11.8 Å². The Morgan fingerprint density at radius 1 is 0.857 bits per heavy atom. The molecule has 148 valence electrons. The summed E-state index contributed by atoms with van der Waals surface area (Å²) in [5.74, 6) is -1.55. The third-order valence-electron chi connectivity index (χ3n) is 3.44. The molecule has 0 aliphatic heterocycles. The number of hydrogen-bond donors (Lipinski definition) is 3. The standard InChI is InChI=1S/C18H16F3N3O3S/c19-18(20,21)28-14-7-5-13(6-8-14)16(26)23-9-11-1-3-12(4-2-11)17(27)24-10-15(22)25/h1-8H,9-10H2,(H2,22,25)(H,23,26)(H,24,27). The second kappa shape index (κ2) is 9.27. The highest BCUT2D eigenvalue weighted by Gasteiger charge is 2.29. The summed E-state index contributed by atoms with van der Waals surface area (Å²) >= 11 is -0.250. The van der Waals surface area contributed by atoms with E-state index in [0.29, 0.717) is 11.1 Å². The summed E-state index contributed by atoms with van der Waals surface area (Å²) < 4.78 is 36.9. The number of halogens is 3. The van der Waals surface area contributed by atoms with Crippen molar-refractivity contribution in [2.24, 2.45) is 5.73 Å². The SMILES string of the molecule is NC(=O)CNC(=O)c1ccc(CNC(=O)c2ccc(SC(F)(F)F)cc2)cc1. The number of alkyl halides is 3. The quantitative estimate of drug-likeness (QED) is 0.609. The van der Waals surface area contributed by atoms with Crippen molar-refractivity contribution >= 4 is 29.5 Å². The van der Waals surface area contributed by atoms with Gasteiger partial charge in [-0.05, 0) is 53.7 Å². The van der Waals surface area contributed by atoms with Gasteiger partial charge in [-0.15, -0.1) is 0 Å². The first-order valence-electron chi connectivity index (χ1n) is 7.93. The van der Waals surface area contributed by atoms with Crippen molar-refractivity contribution in [2.75, 3.05) is 6.54 Å². The lowest BCUT2D eigenvalue weighted by Crippen LogP contribution is -2.33. The Balaban J connectivity index is 1.88. The number of rotatable bonds is 7. The number of primary amides is 1. The normalized spacial score (nSPS) is 11.0. The Morgan fingerprint density at radius 2 is 1.36 bits per heavy atom. The average molecular weight is 411 g/mol. The predicted molar refractivity (Wildman–Crippen MR) is 97.5 cm³/mol. The van der Waals surface area contributed by atoms with E-state index < -0.39 is 23.2 Å². The first-order chi connectivity index (χ1) is 13.1. The van der Waals surface area contributed by atoms with E-state index in [0.717, 1.165) is 0 Å². The van der Waals surface area contributed by atoms with Crippen molar-refractivity contribution < 1.29 is 27.6 Å². The topological polar surface area (TPSA) is 101 Å². The molecule has 0 aliphatic rings. The average Bonchev–Trinajstić information content (AvgIpc) is 2.64. The molecular formula is C18H16F3N3O3S. The summed E-state index contributed by atoms with van der Waals surface area (Å²) in [5, 5.41) is 4.99. The second-order valence-electron chi connectivity index (χ2n) is 5.60. The maximum absolute atomic E-state index is 12.3. The van der Waals surface area contributed by atoms with Crippen LogP contribution in [-0.2, 0) is 11.3 Å². The second-order valence-corrected chi connectivity index (χ2v) is 6.74. The number of benzene rings is 2. The van der Waals surface area contributed by atoms with Crippen LogP contribution in [0.25, 0.3) is 0 Å². The van der Waals surface area contributed by atoms with E-state index in [4.69, 9.17) is 5.73 Å². The van der Waals surface area contributed by atoms with E-state index in [1.165, 1.54) is 36.4 Å². The fourth-order valence-corrected chi connectivity index (χ4v) is 2.68. The summed E-state index contributed by atoms with van der Waals surface area (Å²) in [6.07, 6.45) is 0. The lowest BCUT2D eigenvalue weighted by atomic mass is 10.1. The van der Waals surface area contributed by atoms with Crippen LogP contribution in [0.15, 0.2) is 53.4 Å². The molecule has 0 spiro atoms. The number of carbonyl (C=O) groups is 3. The number of nitrogens with one attached hydrogen (secondary N) is 2. The third-order valence-corrected chi connectivity index (χ3v) is 4.18. The van der Waals surface area contributed by atoms with Crippen molar-refractivity contribution in [1.82, 2.24) is 10.6 Å². The minimum atomic E-state index is -4.38. The molecule has 0 saturated heterocycles. The molecule has 6 nitrogen and oxygen atoms in total. The Kier molecular flexibility index (Phi) is 7.05. The van der Waals surface area contributed by atoms with Crippen molar-refractivity contribution in [3.63, 3.8) is 0 Å². The number of nitrogens with two attached hydrogens (primary N) is 1. The molecule has 0 bridgehead atoms. The first-order valence-corrected chi connectivity index (χ1v) is 8.75. The molecule has 0 heterocycles. The van der Waals surface area contributed by atoms with Crippen LogP contribution < -0.4 is 16.4 Å². The van der Waals surface area contributed by atoms with Gasteiger partial charge in [0.2, 0.25) is 5.91 Å². The number of carbonyl (C=O) groups excluding carboxylic acids is 3. The van der Waals surface area contributed by atoms with Crippen molar-refractivity contribution in [1.29, 1.82) is 0 Å². The minimum absolute atomic E-state index is 0.00532. The monoisotopic (exact) mass is 411 g/mol. The summed E-state index contributed by atoms with van der Waals surface area (Å²) in [6, 6.07) is 11.4. The van der Waals surface area contributed by atoms with E-state index >= 15 is 0 Å². The molecule has 0 unspecified atom stereocenters. The number of hydrogen-bond acceptors (Lipinski definition) is 4. The van der Waals surface area contributed by atoms with Crippen molar-refractivity contribution in [3.8, 4) is 0 Å². The Morgan fingerprint density at radius 3 is 1.86 bits per heavy atom. The van der Waals surface area contributed by atoms with Crippen LogP contribution in [0.5, 0.6) is 0 Å². The van der Waals surface area contributed by atoms with Gasteiger partial charge in [0, 0.05) is 22.6 Å². The van der Waals surface area contributed by atoms with E-state index in [9.17, 15) is 27.6 Å². The largest absolute Gasteiger partial charge is 0.446 e. The van der Waals surface area contributed by atoms with Gasteiger partial charge in [-0.3, -0.25) is 14.4 Å². The van der Waals surface area contributed by atoms with Gasteiger partial charge in [-0.2, -0.15) is 13.2 Å². The van der Waals surface area contributed by atoms with Gasteiger partial charge in [0.15, 0.2) is 0 Å². The van der Waals surface area contributed by atoms with E-state index in [1.54, 1.807) is 12.1 Å². The van der Waals surface area contributed by atoms with E-state index in [2.05, 4.69) is 10.6 Å². The van der Waals surface area contributed by atoms with Gasteiger partial charge in [0.1, 0.15) is 0 Å². The van der Waals surface area contributed by atoms with Crippen molar-refractivity contribution in [3.05, 3.63) is 65.2 Å². The minimum Gasteiger partial charge on any atom is -0.368 e. The molecular weight excluding hydrogens is 395 g/mol. The fraction of sp³-hybridized carbons (Fsp3) is 0.167. The molecule has 10 heteroatoms. The summed E-state index contributed by atoms with van der Waals surface area (Å²) in [7, 11) is 0. The van der Waals surface area contributed by atoms with Crippen LogP contribution in [0.2, 0.25) is 0 Å². The van der Waals surface area contributed by atoms with Crippen LogP contribution in [-0.4, -0.2) is 29.8 Å². The zero-order chi connectivity index (χ0) is 20.7. The van der Waals surface area contributed by atoms with Gasteiger partial charge in [-0.1, -0.05) is 12.1 Å². The van der Waals surface area contributed by atoms with Crippen LogP contribution in [0.3, 0.4) is 0 Å². The third kappa shape index (κ3) is 6.95. The van der Waals surface area contributed by atoms with Gasteiger partial charge < -0.3 is 16.4 Å². The van der Waals surface area contributed by atoms with Crippen molar-refractivity contribution in [2.45, 2.75) is 16.9 Å². The molecule has 28 heavy (non-hydrogen) atoms. The van der Waals surface area contributed by atoms with Gasteiger partial charge >= 0.3 is 5.51 Å². The molecule has 0 saturated carbocycles. The fourth-order valence-electron chi connectivity index (χ4n) is 2.14. The zero-order valence-corrected chi connectivity index (χ0v) is 15.2. The predicted octanol–water partition coefficient (Wildman–Crippen LogP) is 2.44. The zero-order valence-electron chi connectivity index (χ0n) is 14.4. The molecule has 0 atom stereocenters. The van der Waals surface area contributed by atoms with E-state index in [-0.39, 0.29) is 35.3 Å². The van der Waals surface area contributed by atoms with Crippen LogP contribution in [0.4, 0.5) is 13.2 Å². The van der Waals surface area contributed by atoms with Crippen LogP contribution in [0, 0.1) is 0 Å². The lowest BCUT2D eigenvalue weighted by molar-refractivity contribution is -0.117. The molecule has 4 N–H and O–H groups in total. The molecule has 0 radical (unpaired) electrons. The lowest BCUT2D eigenvalue weighted by Gasteiger charge is -2.08. The van der Waals surface area contributed by atoms with Gasteiger partial charge in [0.25, 0.3) is 11.8 Å². The molecule has 0 aromatic heterocycles.